The number of nitrogens with zero attached hydrogens (tertiary/aromatic N) is 1. The number of benzene rings is 1. The fourth-order valence-corrected chi connectivity index (χ4v) is 4.28. The first-order valence-corrected chi connectivity index (χ1v) is 9.95. The first kappa shape index (κ1) is 22.2. The molecule has 31 heavy (non-hydrogen) atoms. The Morgan fingerprint density at radius 3 is 2.45 bits per heavy atom. The Balaban J connectivity index is 2.18. The minimum Gasteiger partial charge on any atom is -0.468 e. The van der Waals surface area contributed by atoms with E-state index >= 15 is 0 Å². The van der Waals surface area contributed by atoms with E-state index in [0.29, 0.717) is 23.4 Å². The van der Waals surface area contributed by atoms with Gasteiger partial charge >= 0.3 is 11.9 Å². The van der Waals surface area contributed by atoms with Crippen LogP contribution in [-0.4, -0.2) is 36.4 Å². The van der Waals surface area contributed by atoms with Gasteiger partial charge in [0.1, 0.15) is 5.92 Å². The number of rotatable bonds is 5. The van der Waals surface area contributed by atoms with Crippen molar-refractivity contribution >= 4 is 23.4 Å². The summed E-state index contributed by atoms with van der Waals surface area (Å²) in [5.41, 5.74) is 2.11. The first-order chi connectivity index (χ1) is 14.7. The molecule has 0 fully saturated rings. The third kappa shape index (κ3) is 3.95. The van der Waals surface area contributed by atoms with Gasteiger partial charge in [0, 0.05) is 35.0 Å². The molecule has 0 amide bonds. The molecule has 0 aromatic heterocycles. The predicted molar refractivity (Wildman–Crippen MR) is 110 cm³/mol. The van der Waals surface area contributed by atoms with Crippen molar-refractivity contribution in [1.29, 1.82) is 0 Å². The molecule has 9 heteroatoms. The van der Waals surface area contributed by atoms with Crippen molar-refractivity contribution in [3.8, 4) is 0 Å². The summed E-state index contributed by atoms with van der Waals surface area (Å²) in [5.74, 6) is -3.75. The molecule has 0 spiro atoms. The number of ketones is 1. The second kappa shape index (κ2) is 8.71. The maximum Gasteiger partial charge on any atom is 0.336 e. The van der Waals surface area contributed by atoms with Gasteiger partial charge in [-0.2, -0.15) is 0 Å². The zero-order valence-corrected chi connectivity index (χ0v) is 17.8. The minimum atomic E-state index is -0.993. The Kier molecular flexibility index (Phi) is 6.24. The van der Waals surface area contributed by atoms with E-state index in [1.54, 1.807) is 20.8 Å². The summed E-state index contributed by atoms with van der Waals surface area (Å²) in [6.07, 6.45) is 0.414. The van der Waals surface area contributed by atoms with Crippen LogP contribution >= 0.6 is 0 Å². The lowest BCUT2D eigenvalue weighted by molar-refractivity contribution is -0.384. The number of ether oxygens (including phenoxy) is 2. The van der Waals surface area contributed by atoms with Gasteiger partial charge in [-0.3, -0.25) is 19.7 Å². The summed E-state index contributed by atoms with van der Waals surface area (Å²) in [7, 11) is 1.23. The monoisotopic (exact) mass is 428 g/mol. The molecule has 164 valence electrons. The number of hydrogen-bond donors (Lipinski definition) is 1. The molecule has 1 N–H and O–H groups in total. The maximum atomic E-state index is 13.5. The highest BCUT2D eigenvalue weighted by molar-refractivity contribution is 6.12. The molecule has 0 radical (unpaired) electrons. The van der Waals surface area contributed by atoms with E-state index in [2.05, 4.69) is 5.32 Å². The van der Waals surface area contributed by atoms with Gasteiger partial charge in [-0.05, 0) is 31.7 Å². The van der Waals surface area contributed by atoms with Gasteiger partial charge in [0.2, 0.25) is 0 Å². The van der Waals surface area contributed by atoms with Crippen molar-refractivity contribution in [3.63, 3.8) is 0 Å². The van der Waals surface area contributed by atoms with Crippen LogP contribution in [0.5, 0.6) is 0 Å². The Bertz CT molecular complexity index is 1010. The molecular formula is C22H24N2O7. The number of nitro benzene ring substituents is 1. The zero-order chi connectivity index (χ0) is 22.9. The van der Waals surface area contributed by atoms with Crippen LogP contribution in [0, 0.1) is 22.0 Å². The van der Waals surface area contributed by atoms with Gasteiger partial charge < -0.3 is 14.8 Å². The number of allylic oxidation sites excluding steroid dienone is 3. The highest BCUT2D eigenvalue weighted by Gasteiger charge is 2.47. The topological polar surface area (TPSA) is 125 Å². The highest BCUT2D eigenvalue weighted by Crippen LogP contribution is 2.45. The summed E-state index contributed by atoms with van der Waals surface area (Å²) >= 11 is 0. The summed E-state index contributed by atoms with van der Waals surface area (Å²) in [6, 6.07) is 5.68. The van der Waals surface area contributed by atoms with Gasteiger partial charge in [0.05, 0.1) is 24.2 Å². The van der Waals surface area contributed by atoms with Crippen LogP contribution in [0.15, 0.2) is 46.8 Å². The number of dihydropyridines is 1. The number of nitro groups is 1. The molecule has 0 saturated heterocycles. The number of esters is 2. The van der Waals surface area contributed by atoms with Gasteiger partial charge in [-0.1, -0.05) is 19.1 Å². The number of Topliss-reactive ketones (excluding diaryl/α,β-unsaturated/α-hetero) is 1. The quantitative estimate of drug-likeness (QED) is 0.328. The molecule has 1 aromatic rings. The molecular weight excluding hydrogens is 404 g/mol. The number of carbonyl (C=O) groups excluding carboxylic acids is 3. The second-order valence-electron chi connectivity index (χ2n) is 7.60. The number of non-ortho nitro benzene ring substituents is 1. The third-order valence-electron chi connectivity index (χ3n) is 5.68. The van der Waals surface area contributed by atoms with E-state index in [1.165, 1.54) is 31.4 Å². The normalized spacial score (nSPS) is 23.1. The molecule has 9 nitrogen and oxygen atoms in total. The van der Waals surface area contributed by atoms with E-state index in [4.69, 9.17) is 9.47 Å². The fraction of sp³-hybridized carbons (Fsp3) is 0.409. The van der Waals surface area contributed by atoms with Crippen molar-refractivity contribution in [2.24, 2.45) is 11.8 Å². The summed E-state index contributed by atoms with van der Waals surface area (Å²) in [4.78, 5) is 49.2. The summed E-state index contributed by atoms with van der Waals surface area (Å²) in [6.45, 7) is 5.34. The third-order valence-corrected chi connectivity index (χ3v) is 5.68. The first-order valence-electron chi connectivity index (χ1n) is 9.95. The van der Waals surface area contributed by atoms with E-state index in [-0.39, 0.29) is 29.4 Å². The van der Waals surface area contributed by atoms with E-state index < -0.39 is 34.5 Å². The average molecular weight is 428 g/mol. The smallest absolute Gasteiger partial charge is 0.336 e. The van der Waals surface area contributed by atoms with Gasteiger partial charge in [-0.15, -0.1) is 0 Å². The Hall–Kier alpha value is -3.49. The molecule has 1 aromatic carbocycles. The average Bonchev–Trinajstić information content (AvgIpc) is 2.72. The van der Waals surface area contributed by atoms with Crippen molar-refractivity contribution in [1.82, 2.24) is 5.32 Å². The molecule has 2 aliphatic rings. The van der Waals surface area contributed by atoms with Crippen molar-refractivity contribution < 1.29 is 28.8 Å². The van der Waals surface area contributed by atoms with Crippen LogP contribution in [-0.2, 0) is 23.9 Å². The summed E-state index contributed by atoms with van der Waals surface area (Å²) < 4.78 is 10.1. The lowest BCUT2D eigenvalue weighted by Gasteiger charge is -2.38. The largest absolute Gasteiger partial charge is 0.468 e. The van der Waals surface area contributed by atoms with Crippen LogP contribution in [0.1, 0.15) is 38.7 Å². The predicted octanol–water partition coefficient (Wildman–Crippen LogP) is 2.77. The summed E-state index contributed by atoms with van der Waals surface area (Å²) in [5, 5.41) is 14.2. The second-order valence-corrected chi connectivity index (χ2v) is 7.60. The molecule has 0 saturated carbocycles. The molecule has 1 aliphatic carbocycles. The Labute approximate surface area is 179 Å². The highest BCUT2D eigenvalue weighted by atomic mass is 16.6. The van der Waals surface area contributed by atoms with Gasteiger partial charge in [0.25, 0.3) is 5.69 Å². The van der Waals surface area contributed by atoms with Crippen LogP contribution in [0.25, 0.3) is 0 Å². The van der Waals surface area contributed by atoms with E-state index in [1.807, 2.05) is 0 Å². The molecule has 1 heterocycles. The van der Waals surface area contributed by atoms with Crippen LogP contribution < -0.4 is 5.32 Å². The fourth-order valence-electron chi connectivity index (χ4n) is 4.28. The van der Waals surface area contributed by atoms with E-state index in [9.17, 15) is 24.5 Å². The van der Waals surface area contributed by atoms with Gasteiger partial charge in [-0.25, -0.2) is 4.79 Å². The molecule has 1 aliphatic heterocycles. The van der Waals surface area contributed by atoms with Crippen molar-refractivity contribution in [2.45, 2.75) is 33.1 Å². The Morgan fingerprint density at radius 1 is 1.26 bits per heavy atom. The van der Waals surface area contributed by atoms with Crippen molar-refractivity contribution in [2.75, 3.05) is 13.7 Å². The lowest BCUT2D eigenvalue weighted by Crippen LogP contribution is -2.43. The van der Waals surface area contributed by atoms with Gasteiger partial charge in [0.15, 0.2) is 5.78 Å². The SMILES string of the molecule is CCOC(=O)C1=C(C)NC2=C(C(=O)[C@@H](C(=O)OC)[C@@H](C)C2)[C@@H]1c1ccc([N+](=O)[O-])cc1. The molecule has 0 bridgehead atoms. The minimum absolute atomic E-state index is 0.110. The number of nitrogens with one attached hydrogen (secondary N) is 1. The molecule has 3 atom stereocenters. The zero-order valence-electron chi connectivity index (χ0n) is 17.8. The molecule has 3 rings (SSSR count). The van der Waals surface area contributed by atoms with E-state index in [0.717, 1.165) is 0 Å². The molecule has 0 unspecified atom stereocenters. The lowest BCUT2D eigenvalue weighted by atomic mass is 9.69. The number of methoxy groups -OCH3 is 1. The number of hydrogen-bond acceptors (Lipinski definition) is 8. The van der Waals surface area contributed by atoms with Crippen LogP contribution in [0.3, 0.4) is 0 Å². The van der Waals surface area contributed by atoms with Crippen LogP contribution in [0.2, 0.25) is 0 Å². The van der Waals surface area contributed by atoms with Crippen LogP contribution in [0.4, 0.5) is 5.69 Å². The standard InChI is InChI=1S/C22H24N2O7/c1-5-31-22(27)17-12(3)23-15-10-11(2)16(21(26)30-4)20(25)19(15)18(17)13-6-8-14(9-7-13)24(28)29/h6-9,11,16,18,23H,5,10H2,1-4H3/t11-,16-,18+/m0/s1. The van der Waals surface area contributed by atoms with Crippen molar-refractivity contribution in [3.05, 3.63) is 62.5 Å². The number of carbonyl (C=O) groups is 3. The maximum absolute atomic E-state index is 13.5. The Morgan fingerprint density at radius 2 is 1.90 bits per heavy atom.